The summed E-state index contributed by atoms with van der Waals surface area (Å²) >= 11 is 8.42. The number of nitrogens with one attached hydrogen (secondary N) is 1. The fourth-order valence-corrected chi connectivity index (χ4v) is 1.69. The van der Waals surface area contributed by atoms with Crippen molar-refractivity contribution in [1.82, 2.24) is 10.2 Å². The Bertz CT molecular complexity index is 637. The van der Waals surface area contributed by atoms with Gasteiger partial charge in [0.15, 0.2) is 10.8 Å². The molecule has 2 rings (SSSR count). The average molecular weight is 349 g/mol. The number of carbonyl (C=O) groups excluding carboxylic acids is 1. The summed E-state index contributed by atoms with van der Waals surface area (Å²) in [5.41, 5.74) is -0.209. The highest BCUT2D eigenvalue weighted by Gasteiger charge is 2.13. The van der Waals surface area contributed by atoms with E-state index in [4.69, 9.17) is 11.6 Å². The predicted molar refractivity (Wildman–Crippen MR) is 69.1 cm³/mol. The van der Waals surface area contributed by atoms with Crippen LogP contribution in [-0.4, -0.2) is 16.1 Å². The van der Waals surface area contributed by atoms with Crippen LogP contribution in [0.5, 0.6) is 0 Å². The van der Waals surface area contributed by atoms with Crippen LogP contribution in [0.3, 0.4) is 0 Å². The maximum atomic E-state index is 13.4. The van der Waals surface area contributed by atoms with Gasteiger partial charge >= 0.3 is 0 Å². The standard InChI is InChI=1S/C11H5BrClF2N3O/c12-5-3-9(7(15)4-6(5)14)16-11(19)8-1-2-10(13)18-17-8/h1-4H,(H,16,19). The fraction of sp³-hybridized carbons (Fsp3) is 0. The average Bonchev–Trinajstić information content (AvgIpc) is 2.36. The van der Waals surface area contributed by atoms with Gasteiger partial charge in [-0.05, 0) is 34.1 Å². The second-order valence-corrected chi connectivity index (χ2v) is 4.68. The van der Waals surface area contributed by atoms with Crippen LogP contribution in [0.4, 0.5) is 14.5 Å². The lowest BCUT2D eigenvalue weighted by molar-refractivity contribution is 0.102. The molecule has 8 heteroatoms. The Morgan fingerprint density at radius 2 is 1.95 bits per heavy atom. The summed E-state index contributed by atoms with van der Waals surface area (Å²) in [4.78, 5) is 11.7. The number of carbonyl (C=O) groups is 1. The SMILES string of the molecule is O=C(Nc1cc(Br)c(F)cc1F)c1ccc(Cl)nn1. The molecule has 19 heavy (non-hydrogen) atoms. The van der Waals surface area contributed by atoms with Crippen molar-refractivity contribution >= 4 is 39.1 Å². The predicted octanol–water partition coefficient (Wildman–Crippen LogP) is 3.42. The van der Waals surface area contributed by atoms with Crippen molar-refractivity contribution in [2.75, 3.05) is 5.32 Å². The fourth-order valence-electron chi connectivity index (χ4n) is 1.24. The Labute approximate surface area is 119 Å². The summed E-state index contributed by atoms with van der Waals surface area (Å²) in [5, 5.41) is 9.42. The monoisotopic (exact) mass is 347 g/mol. The van der Waals surface area contributed by atoms with Crippen molar-refractivity contribution in [2.24, 2.45) is 0 Å². The quantitative estimate of drug-likeness (QED) is 0.846. The van der Waals surface area contributed by atoms with E-state index >= 15 is 0 Å². The largest absolute Gasteiger partial charge is 0.318 e. The van der Waals surface area contributed by atoms with E-state index in [0.29, 0.717) is 6.07 Å². The molecule has 0 aliphatic carbocycles. The second kappa shape index (κ2) is 5.58. The van der Waals surface area contributed by atoms with E-state index in [2.05, 4.69) is 31.4 Å². The topological polar surface area (TPSA) is 54.9 Å². The highest BCUT2D eigenvalue weighted by molar-refractivity contribution is 9.10. The van der Waals surface area contributed by atoms with E-state index in [1.54, 1.807) is 0 Å². The molecule has 0 saturated heterocycles. The molecule has 0 aliphatic rings. The zero-order chi connectivity index (χ0) is 14.0. The highest BCUT2D eigenvalue weighted by atomic mass is 79.9. The molecule has 1 aromatic heterocycles. The van der Waals surface area contributed by atoms with Gasteiger partial charge in [-0.2, -0.15) is 0 Å². The zero-order valence-electron chi connectivity index (χ0n) is 9.12. The summed E-state index contributed by atoms with van der Waals surface area (Å²) in [7, 11) is 0. The first-order valence-electron chi connectivity index (χ1n) is 4.92. The lowest BCUT2D eigenvalue weighted by atomic mass is 10.2. The first-order chi connectivity index (χ1) is 8.97. The lowest BCUT2D eigenvalue weighted by Gasteiger charge is -2.06. The molecule has 2 aromatic rings. The van der Waals surface area contributed by atoms with Crippen LogP contribution in [0.15, 0.2) is 28.7 Å². The summed E-state index contributed by atoms with van der Waals surface area (Å²) in [6, 6.07) is 4.49. The molecule has 98 valence electrons. The van der Waals surface area contributed by atoms with Gasteiger partial charge in [-0.15, -0.1) is 10.2 Å². The number of amides is 1. The molecule has 1 amide bonds. The minimum atomic E-state index is -0.893. The number of halogens is 4. The van der Waals surface area contributed by atoms with E-state index in [9.17, 15) is 13.6 Å². The molecule has 1 N–H and O–H groups in total. The van der Waals surface area contributed by atoms with E-state index in [-0.39, 0.29) is 21.0 Å². The third-order valence-electron chi connectivity index (χ3n) is 2.12. The third kappa shape index (κ3) is 3.24. The number of hydrogen-bond acceptors (Lipinski definition) is 3. The number of nitrogens with zero attached hydrogens (tertiary/aromatic N) is 2. The van der Waals surface area contributed by atoms with Gasteiger partial charge in [0.05, 0.1) is 10.2 Å². The number of anilines is 1. The molecule has 0 fully saturated rings. The van der Waals surface area contributed by atoms with E-state index in [1.165, 1.54) is 12.1 Å². The molecule has 0 atom stereocenters. The Morgan fingerprint density at radius 1 is 1.21 bits per heavy atom. The molecule has 0 saturated carbocycles. The lowest BCUT2D eigenvalue weighted by Crippen LogP contribution is -2.15. The maximum absolute atomic E-state index is 13.4. The van der Waals surface area contributed by atoms with Crippen molar-refractivity contribution < 1.29 is 13.6 Å². The minimum Gasteiger partial charge on any atom is -0.318 e. The number of aromatic nitrogens is 2. The van der Waals surface area contributed by atoms with Crippen LogP contribution in [0.2, 0.25) is 5.15 Å². The molecule has 1 aromatic carbocycles. The van der Waals surface area contributed by atoms with Gasteiger partial charge in [-0.3, -0.25) is 4.79 Å². The van der Waals surface area contributed by atoms with Gasteiger partial charge in [0.25, 0.3) is 5.91 Å². The van der Waals surface area contributed by atoms with Gasteiger partial charge in [0.2, 0.25) is 0 Å². The van der Waals surface area contributed by atoms with Crippen LogP contribution < -0.4 is 5.32 Å². The molecular formula is C11H5BrClF2N3O. The van der Waals surface area contributed by atoms with E-state index in [0.717, 1.165) is 6.07 Å². The van der Waals surface area contributed by atoms with Gasteiger partial charge in [-0.1, -0.05) is 11.6 Å². The van der Waals surface area contributed by atoms with Gasteiger partial charge in [0, 0.05) is 6.07 Å². The molecule has 4 nitrogen and oxygen atoms in total. The van der Waals surface area contributed by atoms with Gasteiger partial charge in [-0.25, -0.2) is 8.78 Å². The molecule has 0 spiro atoms. The Kier molecular flexibility index (Phi) is 4.06. The Balaban J connectivity index is 2.24. The molecule has 1 heterocycles. The van der Waals surface area contributed by atoms with Crippen LogP contribution in [0.1, 0.15) is 10.5 Å². The number of rotatable bonds is 2. The maximum Gasteiger partial charge on any atom is 0.276 e. The van der Waals surface area contributed by atoms with Gasteiger partial charge in [0.1, 0.15) is 11.6 Å². The summed E-state index contributed by atoms with van der Waals surface area (Å²) in [5.74, 6) is -2.33. The first kappa shape index (κ1) is 13.8. The van der Waals surface area contributed by atoms with Gasteiger partial charge < -0.3 is 5.32 Å². The van der Waals surface area contributed by atoms with Crippen molar-refractivity contribution in [3.63, 3.8) is 0 Å². The first-order valence-corrected chi connectivity index (χ1v) is 6.09. The van der Waals surface area contributed by atoms with Crippen LogP contribution >= 0.6 is 27.5 Å². The summed E-state index contributed by atoms with van der Waals surface area (Å²) in [6.07, 6.45) is 0. The zero-order valence-corrected chi connectivity index (χ0v) is 11.5. The molecule has 0 unspecified atom stereocenters. The summed E-state index contributed by atoms with van der Waals surface area (Å²) < 4.78 is 26.5. The van der Waals surface area contributed by atoms with Crippen molar-refractivity contribution in [3.05, 3.63) is 51.2 Å². The number of hydrogen-bond donors (Lipinski definition) is 1. The third-order valence-corrected chi connectivity index (χ3v) is 2.93. The summed E-state index contributed by atoms with van der Waals surface area (Å²) in [6.45, 7) is 0. The van der Waals surface area contributed by atoms with Crippen LogP contribution in [0.25, 0.3) is 0 Å². The molecule has 0 aliphatic heterocycles. The van der Waals surface area contributed by atoms with Crippen molar-refractivity contribution in [1.29, 1.82) is 0 Å². The molecule has 0 bridgehead atoms. The minimum absolute atomic E-state index is 0.0337. The van der Waals surface area contributed by atoms with E-state index in [1.807, 2.05) is 0 Å². The normalized spacial score (nSPS) is 10.3. The molecule has 0 radical (unpaired) electrons. The van der Waals surface area contributed by atoms with Crippen LogP contribution in [0, 0.1) is 11.6 Å². The smallest absolute Gasteiger partial charge is 0.276 e. The van der Waals surface area contributed by atoms with Crippen molar-refractivity contribution in [3.8, 4) is 0 Å². The van der Waals surface area contributed by atoms with Crippen molar-refractivity contribution in [2.45, 2.75) is 0 Å². The molecular weight excluding hydrogens is 343 g/mol. The highest BCUT2D eigenvalue weighted by Crippen LogP contribution is 2.24. The Hall–Kier alpha value is -1.60. The Morgan fingerprint density at radius 3 is 2.58 bits per heavy atom. The van der Waals surface area contributed by atoms with Crippen LogP contribution in [-0.2, 0) is 0 Å². The van der Waals surface area contributed by atoms with E-state index < -0.39 is 17.5 Å². The second-order valence-electron chi connectivity index (χ2n) is 3.44. The number of benzene rings is 1.